The molecule has 0 aromatic heterocycles. The summed E-state index contributed by atoms with van der Waals surface area (Å²) < 4.78 is 15.3. The van der Waals surface area contributed by atoms with Crippen LogP contribution in [0, 0.1) is 62.2 Å². The first-order valence-electron chi connectivity index (χ1n) is 10.3. The number of rotatable bonds is 6. The van der Waals surface area contributed by atoms with Gasteiger partial charge in [-0.1, -0.05) is 36.4 Å². The molecular weight excluding hydrogens is 414 g/mol. The highest BCUT2D eigenvalue weighted by Gasteiger charge is 2.33. The third-order valence-corrected chi connectivity index (χ3v) is 5.97. The number of nitrogens with zero attached hydrogens (tertiary/aromatic N) is 3. The van der Waals surface area contributed by atoms with Crippen molar-refractivity contribution in [3.63, 3.8) is 0 Å². The Bertz CT molecular complexity index is 1210. The molecule has 3 aromatic carbocycles. The van der Waals surface area contributed by atoms with E-state index in [9.17, 15) is 0 Å². The van der Waals surface area contributed by atoms with Crippen molar-refractivity contribution in [1.82, 2.24) is 0 Å². The average molecular weight is 437 g/mol. The minimum Gasteiger partial charge on any atom is -0.388 e. The first kappa shape index (κ1) is 23.2. The third kappa shape index (κ3) is 4.31. The molecule has 0 saturated carbocycles. The van der Waals surface area contributed by atoms with Gasteiger partial charge < -0.3 is 14.2 Å². The van der Waals surface area contributed by atoms with Crippen LogP contribution in [0.15, 0.2) is 48.5 Å². The summed E-state index contributed by atoms with van der Waals surface area (Å²) in [6, 6.07) is 15.5. The van der Waals surface area contributed by atoms with Gasteiger partial charge >= 0.3 is 0 Å². The maximum atomic E-state index is 9.01. The summed E-state index contributed by atoms with van der Waals surface area (Å²) in [5, 5.41) is 26.8. The first-order valence-corrected chi connectivity index (χ1v) is 10.3. The third-order valence-electron chi connectivity index (χ3n) is 5.97. The van der Waals surface area contributed by atoms with Crippen LogP contribution in [-0.2, 0) is 5.41 Å². The van der Waals surface area contributed by atoms with Crippen molar-refractivity contribution in [2.24, 2.45) is 0 Å². The zero-order chi connectivity index (χ0) is 24.2. The van der Waals surface area contributed by atoms with E-state index >= 15 is 0 Å². The molecule has 0 aliphatic carbocycles. The van der Waals surface area contributed by atoms with E-state index in [1.165, 1.54) is 0 Å². The molecule has 0 radical (unpaired) electrons. The van der Waals surface area contributed by atoms with Gasteiger partial charge in [0.05, 0.1) is 0 Å². The van der Waals surface area contributed by atoms with Gasteiger partial charge in [-0.05, 0) is 85.7 Å². The van der Waals surface area contributed by atoms with Gasteiger partial charge in [-0.3, -0.25) is 0 Å². The van der Waals surface area contributed by atoms with Crippen LogP contribution in [0.1, 0.15) is 45.9 Å². The lowest BCUT2D eigenvalue weighted by molar-refractivity contribution is 0.497. The van der Waals surface area contributed by atoms with Crippen LogP contribution >= 0.6 is 0 Å². The molecule has 3 rings (SSSR count). The molecule has 0 aliphatic rings. The highest BCUT2D eigenvalue weighted by atomic mass is 16.5. The van der Waals surface area contributed by atoms with Crippen LogP contribution in [0.5, 0.6) is 17.2 Å². The van der Waals surface area contributed by atoms with Crippen molar-refractivity contribution >= 4 is 0 Å². The van der Waals surface area contributed by atoms with Gasteiger partial charge in [-0.2, -0.15) is 0 Å². The van der Waals surface area contributed by atoms with Crippen LogP contribution < -0.4 is 14.2 Å². The highest BCUT2D eigenvalue weighted by molar-refractivity contribution is 5.58. The van der Waals surface area contributed by atoms with Crippen LogP contribution in [0.3, 0.4) is 0 Å². The summed E-state index contributed by atoms with van der Waals surface area (Å²) in [7, 11) is 0. The number of nitriles is 3. The number of hydrogen-bond acceptors (Lipinski definition) is 6. The monoisotopic (exact) mass is 437 g/mol. The van der Waals surface area contributed by atoms with Crippen molar-refractivity contribution in [1.29, 1.82) is 15.8 Å². The average Bonchev–Trinajstić information content (AvgIpc) is 2.78. The lowest BCUT2D eigenvalue weighted by Gasteiger charge is -2.33. The Morgan fingerprint density at radius 2 is 0.939 bits per heavy atom. The summed E-state index contributed by atoms with van der Waals surface area (Å²) in [4.78, 5) is 0. The second-order valence-electron chi connectivity index (χ2n) is 8.11. The Morgan fingerprint density at radius 3 is 1.27 bits per heavy atom. The van der Waals surface area contributed by atoms with Gasteiger partial charge in [0.1, 0.15) is 17.2 Å². The fraction of sp³-hybridized carbons (Fsp3) is 0.222. The Kier molecular flexibility index (Phi) is 6.57. The molecule has 0 N–H and O–H groups in total. The molecule has 0 amide bonds. The minimum absolute atomic E-state index is 0.457. The maximum absolute atomic E-state index is 9.01. The van der Waals surface area contributed by atoms with Gasteiger partial charge in [-0.15, -0.1) is 15.8 Å². The zero-order valence-electron chi connectivity index (χ0n) is 19.2. The topological polar surface area (TPSA) is 99.1 Å². The van der Waals surface area contributed by atoms with Crippen LogP contribution in [0.2, 0.25) is 0 Å². The smallest absolute Gasteiger partial charge is 0.292 e. The van der Waals surface area contributed by atoms with Crippen molar-refractivity contribution in [3.8, 4) is 36.0 Å². The molecule has 164 valence electrons. The quantitative estimate of drug-likeness (QED) is 0.354. The van der Waals surface area contributed by atoms with E-state index in [0.29, 0.717) is 17.2 Å². The maximum Gasteiger partial charge on any atom is 0.292 e. The molecule has 3 aromatic rings. The van der Waals surface area contributed by atoms with Crippen molar-refractivity contribution in [2.75, 3.05) is 0 Å². The van der Waals surface area contributed by atoms with Crippen molar-refractivity contribution in [3.05, 3.63) is 87.5 Å². The summed E-state index contributed by atoms with van der Waals surface area (Å²) >= 11 is 0. The zero-order valence-corrected chi connectivity index (χ0v) is 19.2. The molecule has 0 bridgehead atoms. The van der Waals surface area contributed by atoms with E-state index in [1.807, 2.05) is 64.1 Å². The summed E-state index contributed by atoms with van der Waals surface area (Å²) in [5.74, 6) is 1.55. The van der Waals surface area contributed by atoms with E-state index in [4.69, 9.17) is 30.0 Å². The minimum atomic E-state index is -0.605. The van der Waals surface area contributed by atoms with Gasteiger partial charge in [0.15, 0.2) is 0 Å². The standard InChI is InChI=1S/C27H23N3O3/c1-17-10-22(11-18(2)25(17)32-15-29)27(5,21-6-8-24(9-7-21)31-14-28)23-12-19(3)26(33-16-30)20(4)13-23/h6-13H,1-5H3. The first-order chi connectivity index (χ1) is 15.8. The van der Waals surface area contributed by atoms with Gasteiger partial charge in [-0.25, -0.2) is 0 Å². The Morgan fingerprint density at radius 1 is 0.576 bits per heavy atom. The van der Waals surface area contributed by atoms with E-state index in [-0.39, 0.29) is 0 Å². The number of ether oxygens (including phenoxy) is 3. The van der Waals surface area contributed by atoms with E-state index in [1.54, 1.807) is 30.9 Å². The molecule has 6 heteroatoms. The fourth-order valence-corrected chi connectivity index (χ4v) is 4.30. The molecule has 0 unspecified atom stereocenters. The van der Waals surface area contributed by atoms with Gasteiger partial charge in [0.2, 0.25) is 0 Å². The van der Waals surface area contributed by atoms with E-state index in [2.05, 4.69) is 6.92 Å². The summed E-state index contributed by atoms with van der Waals surface area (Å²) in [5.41, 5.74) is 5.77. The van der Waals surface area contributed by atoms with Crippen LogP contribution in [0.25, 0.3) is 0 Å². The van der Waals surface area contributed by atoms with E-state index in [0.717, 1.165) is 38.9 Å². The van der Waals surface area contributed by atoms with Crippen molar-refractivity contribution in [2.45, 2.75) is 40.0 Å². The second-order valence-corrected chi connectivity index (χ2v) is 8.11. The fourth-order valence-electron chi connectivity index (χ4n) is 4.30. The molecule has 33 heavy (non-hydrogen) atoms. The predicted octanol–water partition coefficient (Wildman–Crippen LogP) is 5.85. The molecule has 0 saturated heterocycles. The molecule has 0 spiro atoms. The summed E-state index contributed by atoms with van der Waals surface area (Å²) in [6.07, 6.45) is 5.21. The Balaban J connectivity index is 2.30. The molecule has 0 heterocycles. The van der Waals surface area contributed by atoms with Crippen LogP contribution in [0.4, 0.5) is 0 Å². The van der Waals surface area contributed by atoms with Gasteiger partial charge in [0, 0.05) is 5.41 Å². The Hall–Kier alpha value is -4.47. The Labute approximate surface area is 193 Å². The summed E-state index contributed by atoms with van der Waals surface area (Å²) in [6.45, 7) is 9.76. The second kappa shape index (κ2) is 9.35. The van der Waals surface area contributed by atoms with Crippen LogP contribution in [-0.4, -0.2) is 0 Å². The molecular formula is C27H23N3O3. The highest BCUT2D eigenvalue weighted by Crippen LogP contribution is 2.43. The predicted molar refractivity (Wildman–Crippen MR) is 123 cm³/mol. The lowest BCUT2D eigenvalue weighted by atomic mass is 9.69. The number of aryl methyl sites for hydroxylation is 4. The van der Waals surface area contributed by atoms with Crippen molar-refractivity contribution < 1.29 is 14.2 Å². The van der Waals surface area contributed by atoms with E-state index < -0.39 is 5.41 Å². The molecule has 6 nitrogen and oxygen atoms in total. The molecule has 0 atom stereocenters. The number of benzene rings is 3. The SMILES string of the molecule is Cc1cc(C(C)(c2ccc(OC#N)cc2)c2cc(C)c(OC#N)c(C)c2)cc(C)c1OC#N. The normalized spacial score (nSPS) is 10.5. The van der Waals surface area contributed by atoms with Gasteiger partial charge in [0.25, 0.3) is 18.8 Å². The lowest BCUT2D eigenvalue weighted by Crippen LogP contribution is -2.26. The largest absolute Gasteiger partial charge is 0.388 e. The molecule has 0 fully saturated rings. The molecule has 0 aliphatic heterocycles. The number of hydrogen-bond donors (Lipinski definition) is 0.